The van der Waals surface area contributed by atoms with Gasteiger partial charge in [0.1, 0.15) is 0 Å². The summed E-state index contributed by atoms with van der Waals surface area (Å²) in [5, 5.41) is 11.7. The molecule has 2 aliphatic carbocycles. The zero-order valence-electron chi connectivity index (χ0n) is 23.8. The molecule has 0 spiro atoms. The molecule has 5 rings (SSSR count). The predicted octanol–water partition coefficient (Wildman–Crippen LogP) is 6.69. The quantitative estimate of drug-likeness (QED) is 0.255. The highest BCUT2D eigenvalue weighted by Gasteiger charge is 2.39. The fourth-order valence-corrected chi connectivity index (χ4v) is 6.12. The summed E-state index contributed by atoms with van der Waals surface area (Å²) in [6, 6.07) is 24.0. The van der Waals surface area contributed by atoms with E-state index in [1.165, 1.54) is 7.11 Å². The van der Waals surface area contributed by atoms with E-state index in [1.54, 1.807) is 4.90 Å². The standard InChI is InChI=1S/C34H40N2O4/c1-35(2)28-18-16-24(17-19-28)23-12-14-26(15-13-23)33(38)36(32(37)25-8-5-4-6-9-25)29-11-7-10-27(22-29)30-20-21-31(30)34(39)40-3/h7,10-19,22,25,30-31,33,38H,4-6,8-9,20-21H2,1-3H3. The molecule has 0 aromatic heterocycles. The summed E-state index contributed by atoms with van der Waals surface area (Å²) in [7, 11) is 5.47. The number of amides is 1. The van der Waals surface area contributed by atoms with E-state index in [-0.39, 0.29) is 29.6 Å². The van der Waals surface area contributed by atoms with E-state index in [9.17, 15) is 14.7 Å². The summed E-state index contributed by atoms with van der Waals surface area (Å²) in [6.45, 7) is 0. The van der Waals surface area contributed by atoms with Crippen molar-refractivity contribution >= 4 is 23.3 Å². The van der Waals surface area contributed by atoms with Crippen LogP contribution in [-0.4, -0.2) is 38.2 Å². The van der Waals surface area contributed by atoms with Crippen LogP contribution in [0.2, 0.25) is 0 Å². The minimum Gasteiger partial charge on any atom is -0.469 e. The van der Waals surface area contributed by atoms with Gasteiger partial charge in [0, 0.05) is 37.0 Å². The molecule has 2 fully saturated rings. The summed E-state index contributed by atoms with van der Waals surface area (Å²) in [4.78, 5) is 29.9. The average molecular weight is 541 g/mol. The van der Waals surface area contributed by atoms with Crippen LogP contribution < -0.4 is 9.80 Å². The Hall–Kier alpha value is -3.64. The van der Waals surface area contributed by atoms with Crippen LogP contribution in [0.15, 0.2) is 72.8 Å². The molecule has 0 aliphatic heterocycles. The van der Waals surface area contributed by atoms with Crippen LogP contribution in [0.5, 0.6) is 0 Å². The number of esters is 1. The van der Waals surface area contributed by atoms with Crippen LogP contribution in [0, 0.1) is 11.8 Å². The molecule has 6 heteroatoms. The van der Waals surface area contributed by atoms with Crippen molar-refractivity contribution in [2.75, 3.05) is 31.0 Å². The lowest BCUT2D eigenvalue weighted by Gasteiger charge is -2.36. The second kappa shape index (κ2) is 12.3. The van der Waals surface area contributed by atoms with E-state index in [0.29, 0.717) is 11.3 Å². The maximum atomic E-state index is 14.0. The Bertz CT molecular complexity index is 1310. The molecule has 0 saturated heterocycles. The average Bonchev–Trinajstić information content (AvgIpc) is 2.97. The highest BCUT2D eigenvalue weighted by atomic mass is 16.5. The smallest absolute Gasteiger partial charge is 0.309 e. The van der Waals surface area contributed by atoms with Gasteiger partial charge in [-0.1, -0.05) is 67.8 Å². The number of nitrogens with zero attached hydrogens (tertiary/aromatic N) is 2. The van der Waals surface area contributed by atoms with E-state index < -0.39 is 6.23 Å². The number of carbonyl (C=O) groups excluding carboxylic acids is 2. The molecule has 1 N–H and O–H groups in total. The Labute approximate surface area is 237 Å². The van der Waals surface area contributed by atoms with Gasteiger partial charge in [-0.25, -0.2) is 0 Å². The SMILES string of the molecule is COC(=O)C1CCC1c1cccc(N(C(=O)C2CCCCC2)C(O)c2ccc(-c3ccc(N(C)C)cc3)cc2)c1. The lowest BCUT2D eigenvalue weighted by molar-refractivity contribution is -0.149. The molecular weight excluding hydrogens is 500 g/mol. The van der Waals surface area contributed by atoms with Crippen molar-refractivity contribution < 1.29 is 19.4 Å². The number of aliphatic hydroxyl groups is 1. The molecule has 3 unspecified atom stereocenters. The zero-order valence-corrected chi connectivity index (χ0v) is 23.8. The number of methoxy groups -OCH3 is 1. The largest absolute Gasteiger partial charge is 0.469 e. The van der Waals surface area contributed by atoms with Gasteiger partial charge in [-0.05, 0) is 72.6 Å². The van der Waals surface area contributed by atoms with E-state index in [2.05, 4.69) is 29.2 Å². The van der Waals surface area contributed by atoms with Gasteiger partial charge in [0.2, 0.25) is 5.91 Å². The first-order chi connectivity index (χ1) is 19.4. The van der Waals surface area contributed by atoms with Gasteiger partial charge in [-0.15, -0.1) is 0 Å². The highest BCUT2D eigenvalue weighted by molar-refractivity contribution is 5.95. The van der Waals surface area contributed by atoms with Gasteiger partial charge in [0.05, 0.1) is 13.0 Å². The fourth-order valence-electron chi connectivity index (χ4n) is 6.12. The number of carbonyl (C=O) groups is 2. The summed E-state index contributed by atoms with van der Waals surface area (Å²) < 4.78 is 5.01. The van der Waals surface area contributed by atoms with Crippen molar-refractivity contribution in [1.82, 2.24) is 0 Å². The van der Waals surface area contributed by atoms with Gasteiger partial charge in [0.25, 0.3) is 0 Å². The Balaban J connectivity index is 1.44. The van der Waals surface area contributed by atoms with E-state index in [0.717, 1.165) is 67.3 Å². The van der Waals surface area contributed by atoms with Gasteiger partial charge in [-0.3, -0.25) is 14.5 Å². The van der Waals surface area contributed by atoms with Crippen LogP contribution in [0.1, 0.15) is 68.2 Å². The Kier molecular flexibility index (Phi) is 8.55. The first-order valence-electron chi connectivity index (χ1n) is 14.4. The van der Waals surface area contributed by atoms with Crippen LogP contribution in [-0.2, 0) is 14.3 Å². The Morgan fingerprint density at radius 2 is 1.48 bits per heavy atom. The van der Waals surface area contributed by atoms with Gasteiger partial charge >= 0.3 is 5.97 Å². The summed E-state index contributed by atoms with van der Waals surface area (Å²) in [5.41, 5.74) is 5.61. The van der Waals surface area contributed by atoms with E-state index >= 15 is 0 Å². The van der Waals surface area contributed by atoms with E-state index in [1.807, 2.05) is 62.6 Å². The second-order valence-electron chi connectivity index (χ2n) is 11.4. The molecule has 3 aromatic rings. The van der Waals surface area contributed by atoms with Crippen molar-refractivity contribution in [2.45, 2.75) is 57.1 Å². The lowest BCUT2D eigenvalue weighted by atomic mass is 9.70. The molecule has 1 amide bonds. The molecule has 3 atom stereocenters. The fraction of sp³-hybridized carbons (Fsp3) is 0.412. The molecule has 210 valence electrons. The minimum absolute atomic E-state index is 0.0363. The van der Waals surface area contributed by atoms with Crippen molar-refractivity contribution in [3.8, 4) is 11.1 Å². The number of anilines is 2. The van der Waals surface area contributed by atoms with Gasteiger partial charge in [0.15, 0.2) is 6.23 Å². The van der Waals surface area contributed by atoms with Crippen molar-refractivity contribution in [3.63, 3.8) is 0 Å². The molecule has 0 bridgehead atoms. The molecule has 0 heterocycles. The molecule has 6 nitrogen and oxygen atoms in total. The zero-order chi connectivity index (χ0) is 28.2. The minimum atomic E-state index is -1.12. The lowest BCUT2D eigenvalue weighted by Crippen LogP contribution is -2.40. The van der Waals surface area contributed by atoms with E-state index in [4.69, 9.17) is 4.74 Å². The van der Waals surface area contributed by atoms with Crippen molar-refractivity contribution in [1.29, 1.82) is 0 Å². The first-order valence-corrected chi connectivity index (χ1v) is 14.4. The third-order valence-electron chi connectivity index (χ3n) is 8.72. The predicted molar refractivity (Wildman–Crippen MR) is 159 cm³/mol. The van der Waals surface area contributed by atoms with Gasteiger partial charge in [-0.2, -0.15) is 0 Å². The first kappa shape index (κ1) is 27.9. The third-order valence-corrected chi connectivity index (χ3v) is 8.72. The second-order valence-corrected chi connectivity index (χ2v) is 11.4. The molecular formula is C34H40N2O4. The molecule has 2 aliphatic rings. The van der Waals surface area contributed by atoms with Crippen LogP contribution in [0.3, 0.4) is 0 Å². The number of ether oxygens (including phenoxy) is 1. The topological polar surface area (TPSA) is 70.1 Å². The maximum Gasteiger partial charge on any atom is 0.309 e. The summed E-state index contributed by atoms with van der Waals surface area (Å²) in [6.07, 6.45) is 5.49. The number of aliphatic hydroxyl groups excluding tert-OH is 1. The monoisotopic (exact) mass is 540 g/mol. The maximum absolute atomic E-state index is 14.0. The molecule has 2 saturated carbocycles. The molecule has 3 aromatic carbocycles. The number of hydrogen-bond acceptors (Lipinski definition) is 5. The normalized spacial score (nSPS) is 19.8. The highest BCUT2D eigenvalue weighted by Crippen LogP contribution is 2.44. The van der Waals surface area contributed by atoms with Crippen LogP contribution >= 0.6 is 0 Å². The third kappa shape index (κ3) is 5.78. The summed E-state index contributed by atoms with van der Waals surface area (Å²) >= 11 is 0. The number of hydrogen-bond donors (Lipinski definition) is 1. The molecule has 0 radical (unpaired) electrons. The van der Waals surface area contributed by atoms with Crippen molar-refractivity contribution in [3.05, 3.63) is 83.9 Å². The number of rotatable bonds is 8. The number of benzene rings is 3. The van der Waals surface area contributed by atoms with Crippen LogP contribution in [0.4, 0.5) is 11.4 Å². The van der Waals surface area contributed by atoms with Crippen molar-refractivity contribution in [2.24, 2.45) is 11.8 Å². The Morgan fingerprint density at radius 1 is 0.825 bits per heavy atom. The van der Waals surface area contributed by atoms with Crippen LogP contribution in [0.25, 0.3) is 11.1 Å². The van der Waals surface area contributed by atoms with Gasteiger partial charge < -0.3 is 14.7 Å². The summed E-state index contributed by atoms with van der Waals surface area (Å²) in [5.74, 6) is -0.423. The Morgan fingerprint density at radius 3 is 2.05 bits per heavy atom. The molecule has 40 heavy (non-hydrogen) atoms.